The number of ether oxygens (including phenoxy) is 3. The Hall–Kier alpha value is -1.09. The highest BCUT2D eigenvalue weighted by atomic mass is 16.6. The van der Waals surface area contributed by atoms with Crippen molar-refractivity contribution in [2.75, 3.05) is 27.4 Å². The Kier molecular flexibility index (Phi) is 6.01. The molecular formula is C8H12O4. The Morgan fingerprint density at radius 2 is 1.92 bits per heavy atom. The van der Waals surface area contributed by atoms with Gasteiger partial charge < -0.3 is 14.2 Å². The smallest absolute Gasteiger partial charge is 0.337 e. The van der Waals surface area contributed by atoms with E-state index in [1.807, 2.05) is 0 Å². The third-order valence-electron chi connectivity index (χ3n) is 0.972. The lowest BCUT2D eigenvalue weighted by atomic mass is 10.5. The van der Waals surface area contributed by atoms with Gasteiger partial charge in [0.1, 0.15) is 13.2 Å². The highest BCUT2D eigenvalue weighted by Crippen LogP contribution is 1.95. The highest BCUT2D eigenvalue weighted by Gasteiger charge is 2.04. The molecule has 0 aromatic heterocycles. The zero-order valence-electron chi connectivity index (χ0n) is 7.25. The van der Waals surface area contributed by atoms with Crippen molar-refractivity contribution in [3.05, 3.63) is 18.1 Å². The first kappa shape index (κ1) is 10.9. The molecule has 0 aliphatic carbocycles. The molecule has 4 nitrogen and oxygen atoms in total. The minimum atomic E-state index is -0.485. The largest absolute Gasteiger partial charge is 0.418 e. The van der Waals surface area contributed by atoms with Crippen LogP contribution in [0.1, 0.15) is 0 Å². The van der Waals surface area contributed by atoms with Crippen LogP contribution >= 0.6 is 0 Å². The molecule has 0 rings (SSSR count). The zero-order valence-corrected chi connectivity index (χ0v) is 7.25. The van der Waals surface area contributed by atoms with Crippen LogP contribution in [0.4, 0.5) is 0 Å². The average molecular weight is 172 g/mol. The Balaban J connectivity index is 3.87. The van der Waals surface area contributed by atoms with E-state index in [0.717, 1.165) is 0 Å². The summed E-state index contributed by atoms with van der Waals surface area (Å²) in [6.07, 6.45) is 0. The van der Waals surface area contributed by atoms with Crippen molar-refractivity contribution < 1.29 is 19.0 Å². The van der Waals surface area contributed by atoms with Gasteiger partial charge >= 0.3 is 5.97 Å². The summed E-state index contributed by atoms with van der Waals surface area (Å²) in [5.41, 5.74) is 2.44. The molecule has 0 fully saturated rings. The molecule has 0 aromatic carbocycles. The lowest BCUT2D eigenvalue weighted by Crippen LogP contribution is -2.12. The molecule has 0 atom stereocenters. The normalized spacial score (nSPS) is 8.83. The Labute approximate surface area is 71.4 Å². The van der Waals surface area contributed by atoms with E-state index in [-0.39, 0.29) is 19.0 Å². The molecular weight excluding hydrogens is 160 g/mol. The van der Waals surface area contributed by atoms with E-state index in [2.05, 4.69) is 17.0 Å². The van der Waals surface area contributed by atoms with Crippen molar-refractivity contribution in [2.45, 2.75) is 0 Å². The minimum absolute atomic E-state index is 0.0884. The van der Waals surface area contributed by atoms with Crippen LogP contribution in [0, 0.1) is 0 Å². The van der Waals surface area contributed by atoms with Gasteiger partial charge in [0.15, 0.2) is 5.76 Å². The summed E-state index contributed by atoms with van der Waals surface area (Å²) < 4.78 is 14.0. The standard InChI is InChI=1S/C8H12O4/c1-4-7(5-10-2)12-8(9)6-11-3/h1,5-6H2,2-3H3. The fourth-order valence-electron chi connectivity index (χ4n) is 0.532. The fraction of sp³-hybridized carbons (Fsp3) is 0.500. The van der Waals surface area contributed by atoms with Crippen LogP contribution in [0.5, 0.6) is 0 Å². The number of methoxy groups -OCH3 is 2. The van der Waals surface area contributed by atoms with E-state index >= 15 is 0 Å². The Morgan fingerprint density at radius 3 is 2.33 bits per heavy atom. The average Bonchev–Trinajstić information content (AvgIpc) is 2.04. The van der Waals surface area contributed by atoms with Crippen molar-refractivity contribution in [1.82, 2.24) is 0 Å². The third-order valence-corrected chi connectivity index (χ3v) is 0.972. The second-order valence-electron chi connectivity index (χ2n) is 1.94. The first-order chi connectivity index (χ1) is 5.74. The van der Waals surface area contributed by atoms with E-state index in [4.69, 9.17) is 9.47 Å². The van der Waals surface area contributed by atoms with Crippen LogP contribution < -0.4 is 0 Å². The molecule has 0 aliphatic rings. The quantitative estimate of drug-likeness (QED) is 0.344. The van der Waals surface area contributed by atoms with Crippen molar-refractivity contribution in [2.24, 2.45) is 0 Å². The zero-order chi connectivity index (χ0) is 9.40. The first-order valence-electron chi connectivity index (χ1n) is 3.32. The Morgan fingerprint density at radius 1 is 1.33 bits per heavy atom. The maximum atomic E-state index is 10.8. The molecule has 0 N–H and O–H groups in total. The van der Waals surface area contributed by atoms with Crippen LogP contribution in [0.15, 0.2) is 18.1 Å². The van der Waals surface area contributed by atoms with Gasteiger partial charge in [0, 0.05) is 14.2 Å². The minimum Gasteiger partial charge on any atom is -0.418 e. The molecule has 0 saturated heterocycles. The summed E-state index contributed by atoms with van der Waals surface area (Å²) in [4.78, 5) is 10.8. The SMILES string of the molecule is C=C=C(COC)OC(=O)COC. The second-order valence-corrected chi connectivity index (χ2v) is 1.94. The predicted octanol–water partition coefficient (Wildman–Crippen LogP) is 0.491. The first-order valence-corrected chi connectivity index (χ1v) is 3.32. The number of carbonyl (C=O) groups is 1. The summed E-state index contributed by atoms with van der Waals surface area (Å²) in [5.74, 6) is -0.222. The third kappa shape index (κ3) is 4.68. The summed E-state index contributed by atoms with van der Waals surface area (Å²) in [6.45, 7) is 3.42. The molecule has 0 bridgehead atoms. The van der Waals surface area contributed by atoms with E-state index in [1.165, 1.54) is 14.2 Å². The molecule has 0 unspecified atom stereocenters. The summed E-state index contributed by atoms with van der Waals surface area (Å²) >= 11 is 0. The number of hydrogen-bond donors (Lipinski definition) is 0. The molecule has 0 radical (unpaired) electrons. The van der Waals surface area contributed by atoms with Gasteiger partial charge in [-0.15, -0.1) is 0 Å². The number of hydrogen-bond acceptors (Lipinski definition) is 4. The molecule has 68 valence electrons. The summed E-state index contributed by atoms with van der Waals surface area (Å²) in [5, 5.41) is 0. The maximum Gasteiger partial charge on any atom is 0.337 e. The fourth-order valence-corrected chi connectivity index (χ4v) is 0.532. The van der Waals surface area contributed by atoms with Crippen LogP contribution in [0.2, 0.25) is 0 Å². The van der Waals surface area contributed by atoms with E-state index in [1.54, 1.807) is 0 Å². The van der Waals surface area contributed by atoms with Crippen molar-refractivity contribution in [3.63, 3.8) is 0 Å². The lowest BCUT2D eigenvalue weighted by molar-refractivity contribution is -0.144. The molecule has 0 amide bonds. The van der Waals surface area contributed by atoms with Crippen molar-refractivity contribution >= 4 is 5.97 Å². The van der Waals surface area contributed by atoms with Gasteiger partial charge in [-0.25, -0.2) is 4.79 Å². The molecule has 0 aliphatic heterocycles. The van der Waals surface area contributed by atoms with E-state index < -0.39 is 5.97 Å². The van der Waals surface area contributed by atoms with Gasteiger partial charge in [-0.3, -0.25) is 0 Å². The summed E-state index contributed by atoms with van der Waals surface area (Å²) in [7, 11) is 2.90. The highest BCUT2D eigenvalue weighted by molar-refractivity contribution is 5.71. The number of rotatable bonds is 5. The molecule has 0 aromatic rings. The van der Waals surface area contributed by atoms with Crippen LogP contribution in [-0.2, 0) is 19.0 Å². The van der Waals surface area contributed by atoms with Gasteiger partial charge in [0.2, 0.25) is 0 Å². The monoisotopic (exact) mass is 172 g/mol. The molecule has 0 spiro atoms. The van der Waals surface area contributed by atoms with Gasteiger partial charge in [-0.2, -0.15) is 0 Å². The van der Waals surface area contributed by atoms with Crippen LogP contribution in [0.3, 0.4) is 0 Å². The Bertz CT molecular complexity index is 191. The topological polar surface area (TPSA) is 44.8 Å². The van der Waals surface area contributed by atoms with E-state index in [0.29, 0.717) is 0 Å². The van der Waals surface area contributed by atoms with Crippen molar-refractivity contribution in [1.29, 1.82) is 0 Å². The van der Waals surface area contributed by atoms with Gasteiger partial charge in [0.05, 0.1) is 0 Å². The molecule has 4 heteroatoms. The van der Waals surface area contributed by atoms with Crippen molar-refractivity contribution in [3.8, 4) is 0 Å². The maximum absolute atomic E-state index is 10.8. The number of esters is 1. The second kappa shape index (κ2) is 6.61. The predicted molar refractivity (Wildman–Crippen MR) is 42.5 cm³/mol. The van der Waals surface area contributed by atoms with Gasteiger partial charge in [-0.05, 0) is 0 Å². The number of carbonyl (C=O) groups excluding carboxylic acids is 1. The van der Waals surface area contributed by atoms with Crippen LogP contribution in [0.25, 0.3) is 0 Å². The van der Waals surface area contributed by atoms with E-state index in [9.17, 15) is 4.79 Å². The summed E-state index contributed by atoms with van der Waals surface area (Å²) in [6, 6.07) is 0. The van der Waals surface area contributed by atoms with Gasteiger partial charge in [0.25, 0.3) is 0 Å². The molecule has 0 heterocycles. The van der Waals surface area contributed by atoms with Crippen LogP contribution in [-0.4, -0.2) is 33.4 Å². The van der Waals surface area contributed by atoms with Gasteiger partial charge in [-0.1, -0.05) is 12.3 Å². The molecule has 12 heavy (non-hydrogen) atoms. The molecule has 0 saturated carbocycles. The lowest BCUT2D eigenvalue weighted by Gasteiger charge is -2.03.